The van der Waals surface area contributed by atoms with Crippen LogP contribution in [0.4, 0.5) is 0 Å². The molecule has 1 N–H and O–H groups in total. The molecule has 1 heterocycles. The molecule has 0 saturated carbocycles. The summed E-state index contributed by atoms with van der Waals surface area (Å²) in [5, 5.41) is 18.6. The minimum absolute atomic E-state index is 0.0822. The molecule has 0 fully saturated rings. The van der Waals surface area contributed by atoms with Crippen molar-refractivity contribution in [3.8, 4) is 6.07 Å². The topological polar surface area (TPSA) is 64.3 Å². The van der Waals surface area contributed by atoms with E-state index in [4.69, 9.17) is 5.26 Å². The number of rotatable bonds is 2. The quantitative estimate of drug-likeness (QED) is 0.731. The predicted molar refractivity (Wildman–Crippen MR) is 55.5 cm³/mol. The maximum Gasteiger partial charge on any atom is 0.267 e. The van der Waals surface area contributed by atoms with Crippen LogP contribution in [0.25, 0.3) is 0 Å². The lowest BCUT2D eigenvalue weighted by molar-refractivity contribution is -0.135. The van der Waals surface area contributed by atoms with Crippen molar-refractivity contribution in [2.45, 2.75) is 26.5 Å². The highest BCUT2D eigenvalue weighted by Gasteiger charge is 2.33. The molecule has 1 aliphatic rings. The molecule has 0 aromatic heterocycles. The van der Waals surface area contributed by atoms with Crippen LogP contribution in [-0.2, 0) is 4.79 Å². The average molecular weight is 206 g/mol. The lowest BCUT2D eigenvalue weighted by atomic mass is 9.96. The third kappa shape index (κ3) is 1.79. The van der Waals surface area contributed by atoms with Crippen LogP contribution < -0.4 is 0 Å². The Balaban J connectivity index is 3.16. The van der Waals surface area contributed by atoms with Crippen molar-refractivity contribution in [3.63, 3.8) is 0 Å². The van der Waals surface area contributed by atoms with E-state index < -0.39 is 12.1 Å². The molecule has 0 saturated heterocycles. The van der Waals surface area contributed by atoms with Crippen molar-refractivity contribution in [1.82, 2.24) is 4.90 Å². The number of hydrogen-bond donors (Lipinski definition) is 1. The second-order valence-corrected chi connectivity index (χ2v) is 3.51. The Hall–Kier alpha value is -1.60. The number of nitriles is 1. The number of carbonyl (C=O) groups excluding carboxylic acids is 1. The van der Waals surface area contributed by atoms with Gasteiger partial charge in [-0.15, -0.1) is 0 Å². The van der Waals surface area contributed by atoms with E-state index in [1.165, 1.54) is 4.90 Å². The molecule has 0 radical (unpaired) electrons. The first-order valence-corrected chi connectivity index (χ1v) is 4.83. The van der Waals surface area contributed by atoms with Crippen molar-refractivity contribution in [2.75, 3.05) is 6.54 Å². The van der Waals surface area contributed by atoms with Crippen LogP contribution in [-0.4, -0.2) is 28.7 Å². The third-order valence-corrected chi connectivity index (χ3v) is 2.51. The van der Waals surface area contributed by atoms with Gasteiger partial charge in [0.1, 0.15) is 11.6 Å². The zero-order chi connectivity index (χ0) is 11.6. The van der Waals surface area contributed by atoms with Gasteiger partial charge in [-0.25, -0.2) is 0 Å². The molecule has 4 nitrogen and oxygen atoms in total. The number of aliphatic hydroxyl groups excluding tert-OH is 1. The molecule has 1 rings (SSSR count). The first-order valence-electron chi connectivity index (χ1n) is 4.83. The summed E-state index contributed by atoms with van der Waals surface area (Å²) in [7, 11) is 0. The fourth-order valence-corrected chi connectivity index (χ4v) is 1.55. The van der Waals surface area contributed by atoms with Gasteiger partial charge in [-0.1, -0.05) is 13.5 Å². The van der Waals surface area contributed by atoms with Crippen molar-refractivity contribution < 1.29 is 9.90 Å². The van der Waals surface area contributed by atoms with E-state index in [0.29, 0.717) is 17.7 Å². The van der Waals surface area contributed by atoms with E-state index in [0.717, 1.165) is 6.42 Å². The summed E-state index contributed by atoms with van der Waals surface area (Å²) < 4.78 is 0. The lowest BCUT2D eigenvalue weighted by Gasteiger charge is -2.33. The molecule has 0 aromatic carbocycles. The Morgan fingerprint density at radius 1 is 1.67 bits per heavy atom. The number of carbonyl (C=O) groups is 1. The average Bonchev–Trinajstić information content (AvgIpc) is 2.22. The summed E-state index contributed by atoms with van der Waals surface area (Å²) in [6, 6.07) is 1.86. The summed E-state index contributed by atoms with van der Waals surface area (Å²) in [5.41, 5.74) is 1.00. The molecular formula is C11H14N2O2. The van der Waals surface area contributed by atoms with Gasteiger partial charge in [0.15, 0.2) is 6.23 Å². The maximum absolute atomic E-state index is 11.8. The minimum Gasteiger partial charge on any atom is -0.369 e. The summed E-state index contributed by atoms with van der Waals surface area (Å²) >= 11 is 0. The SMILES string of the molecule is C=C1C(C)=C(C#N)C(=O)N(CCC)C1O. The van der Waals surface area contributed by atoms with Crippen molar-refractivity contribution in [2.24, 2.45) is 0 Å². The van der Waals surface area contributed by atoms with Crippen LogP contribution in [0.5, 0.6) is 0 Å². The standard InChI is InChI=1S/C11H14N2O2/c1-4-5-13-10(14)8(3)7(2)9(6-12)11(13)15/h10,14H,3-5H2,1-2H3. The normalized spacial score (nSPS) is 22.0. The van der Waals surface area contributed by atoms with E-state index in [-0.39, 0.29) is 5.57 Å². The molecule has 1 amide bonds. The Morgan fingerprint density at radius 3 is 2.73 bits per heavy atom. The summed E-state index contributed by atoms with van der Waals surface area (Å²) in [4.78, 5) is 13.0. The number of hydrogen-bond acceptors (Lipinski definition) is 3. The molecule has 0 bridgehead atoms. The van der Waals surface area contributed by atoms with Crippen molar-refractivity contribution >= 4 is 5.91 Å². The molecule has 0 aromatic rings. The van der Waals surface area contributed by atoms with E-state index >= 15 is 0 Å². The smallest absolute Gasteiger partial charge is 0.267 e. The molecule has 0 spiro atoms. The van der Waals surface area contributed by atoms with E-state index in [2.05, 4.69) is 6.58 Å². The monoisotopic (exact) mass is 206 g/mol. The number of nitrogens with zero attached hydrogens (tertiary/aromatic N) is 2. The zero-order valence-corrected chi connectivity index (χ0v) is 8.95. The van der Waals surface area contributed by atoms with Gasteiger partial charge in [0.05, 0.1) is 0 Å². The first kappa shape index (κ1) is 11.5. The Bertz CT molecular complexity index is 377. The van der Waals surface area contributed by atoms with Crippen molar-refractivity contribution in [1.29, 1.82) is 5.26 Å². The van der Waals surface area contributed by atoms with Gasteiger partial charge in [0.2, 0.25) is 0 Å². The van der Waals surface area contributed by atoms with Gasteiger partial charge >= 0.3 is 0 Å². The highest BCUT2D eigenvalue weighted by molar-refractivity contribution is 6.00. The Kier molecular flexibility index (Phi) is 3.28. The lowest BCUT2D eigenvalue weighted by Crippen LogP contribution is -2.46. The predicted octanol–water partition coefficient (Wildman–Crippen LogP) is 0.953. The van der Waals surface area contributed by atoms with E-state index in [9.17, 15) is 9.90 Å². The molecule has 80 valence electrons. The number of amides is 1. The minimum atomic E-state index is -0.991. The molecule has 0 aliphatic carbocycles. The highest BCUT2D eigenvalue weighted by Crippen LogP contribution is 2.26. The second-order valence-electron chi connectivity index (χ2n) is 3.51. The molecule has 1 atom stereocenters. The fourth-order valence-electron chi connectivity index (χ4n) is 1.55. The summed E-state index contributed by atoms with van der Waals surface area (Å²) in [6.07, 6.45) is -0.261. The van der Waals surface area contributed by atoms with Gasteiger partial charge in [0.25, 0.3) is 5.91 Å². The molecule has 4 heteroatoms. The third-order valence-electron chi connectivity index (χ3n) is 2.51. The van der Waals surface area contributed by atoms with Gasteiger partial charge in [-0.2, -0.15) is 5.26 Å². The maximum atomic E-state index is 11.8. The van der Waals surface area contributed by atoms with E-state index in [1.807, 2.05) is 13.0 Å². The number of aliphatic hydroxyl groups is 1. The largest absolute Gasteiger partial charge is 0.369 e. The summed E-state index contributed by atoms with van der Waals surface area (Å²) in [6.45, 7) is 7.65. The van der Waals surface area contributed by atoms with Gasteiger partial charge in [-0.3, -0.25) is 4.79 Å². The highest BCUT2D eigenvalue weighted by atomic mass is 16.3. The molecule has 1 unspecified atom stereocenters. The van der Waals surface area contributed by atoms with Crippen LogP contribution >= 0.6 is 0 Å². The molecule has 15 heavy (non-hydrogen) atoms. The Labute approximate surface area is 89.1 Å². The molecule has 1 aliphatic heterocycles. The first-order chi connectivity index (χ1) is 7.04. The van der Waals surface area contributed by atoms with E-state index in [1.54, 1.807) is 6.92 Å². The Morgan fingerprint density at radius 2 is 2.27 bits per heavy atom. The van der Waals surface area contributed by atoms with Crippen LogP contribution in [0.15, 0.2) is 23.3 Å². The van der Waals surface area contributed by atoms with Crippen LogP contribution in [0.1, 0.15) is 20.3 Å². The zero-order valence-electron chi connectivity index (χ0n) is 8.95. The van der Waals surface area contributed by atoms with Gasteiger partial charge in [-0.05, 0) is 24.5 Å². The summed E-state index contributed by atoms with van der Waals surface area (Å²) in [5.74, 6) is -0.406. The van der Waals surface area contributed by atoms with Crippen molar-refractivity contribution in [3.05, 3.63) is 23.3 Å². The second kappa shape index (κ2) is 4.28. The van der Waals surface area contributed by atoms with Crippen LogP contribution in [0.2, 0.25) is 0 Å². The molecular weight excluding hydrogens is 192 g/mol. The van der Waals surface area contributed by atoms with Crippen LogP contribution in [0, 0.1) is 11.3 Å². The van der Waals surface area contributed by atoms with Gasteiger partial charge in [0, 0.05) is 6.54 Å². The van der Waals surface area contributed by atoms with Gasteiger partial charge < -0.3 is 10.0 Å². The fraction of sp³-hybridized carbons (Fsp3) is 0.455. The van der Waals surface area contributed by atoms with Crippen LogP contribution in [0.3, 0.4) is 0 Å².